The number of hydrogen-bond acceptors (Lipinski definition) is 4. The molecule has 0 aromatic carbocycles. The summed E-state index contributed by atoms with van der Waals surface area (Å²) in [6.45, 7) is 4.00. The minimum Gasteiger partial charge on any atom is -0.292 e. The van der Waals surface area contributed by atoms with E-state index in [1.165, 1.54) is 6.33 Å². The molecule has 0 bridgehead atoms. The van der Waals surface area contributed by atoms with Gasteiger partial charge in [0.15, 0.2) is 5.78 Å². The van der Waals surface area contributed by atoms with E-state index >= 15 is 0 Å². The maximum Gasteiger partial charge on any atom is 0.188 e. The molecule has 2 heterocycles. The van der Waals surface area contributed by atoms with Crippen LogP contribution < -0.4 is 0 Å². The molecule has 0 unspecified atom stereocenters. The van der Waals surface area contributed by atoms with Crippen molar-refractivity contribution in [3.8, 4) is 0 Å². The summed E-state index contributed by atoms with van der Waals surface area (Å²) in [4.78, 5) is 20.2. The van der Waals surface area contributed by atoms with Gasteiger partial charge in [0.05, 0.1) is 6.42 Å². The van der Waals surface area contributed by atoms with Crippen LogP contribution in [-0.4, -0.2) is 25.5 Å². The van der Waals surface area contributed by atoms with Gasteiger partial charge in [-0.25, -0.2) is 9.67 Å². The molecule has 2 aromatic heterocycles. The van der Waals surface area contributed by atoms with Crippen LogP contribution in [0.4, 0.5) is 0 Å². The Bertz CT molecular complexity index is 547. The second-order valence-corrected chi connectivity index (χ2v) is 5.09. The summed E-state index contributed by atoms with van der Waals surface area (Å²) < 4.78 is 2.60. The lowest BCUT2D eigenvalue weighted by Gasteiger charge is -2.08. The minimum absolute atomic E-state index is 0.0580. The summed E-state index contributed by atoms with van der Waals surface area (Å²) in [5.41, 5.74) is 0.441. The smallest absolute Gasteiger partial charge is 0.188 e. The Morgan fingerprint density at radius 2 is 2.17 bits per heavy atom. The van der Waals surface area contributed by atoms with Crippen LogP contribution in [0.2, 0.25) is 0 Å². The van der Waals surface area contributed by atoms with Crippen molar-refractivity contribution in [2.45, 2.75) is 26.3 Å². The molecule has 0 aliphatic carbocycles. The first-order valence-electron chi connectivity index (χ1n) is 5.61. The molecule has 0 saturated heterocycles. The standard InChI is InChI=1S/C12H13BrN4O/c1-8(2)17-12(15-7-16-17)5-11(18)10-4-3-9(13)6-14-10/h3-4,6-8H,5H2,1-2H3. The van der Waals surface area contributed by atoms with Crippen molar-refractivity contribution < 1.29 is 4.79 Å². The maximum atomic E-state index is 12.0. The fourth-order valence-corrected chi connectivity index (χ4v) is 1.84. The molecule has 0 atom stereocenters. The van der Waals surface area contributed by atoms with Crippen LogP contribution in [-0.2, 0) is 6.42 Å². The Kier molecular flexibility index (Phi) is 3.86. The quantitative estimate of drug-likeness (QED) is 0.814. The van der Waals surface area contributed by atoms with Crippen LogP contribution in [0.15, 0.2) is 29.1 Å². The summed E-state index contributed by atoms with van der Waals surface area (Å²) in [6, 6.07) is 3.68. The number of ketones is 1. The Hall–Kier alpha value is -1.56. The van der Waals surface area contributed by atoms with Crippen LogP contribution in [0.3, 0.4) is 0 Å². The average Bonchev–Trinajstić information content (AvgIpc) is 2.78. The van der Waals surface area contributed by atoms with Gasteiger partial charge >= 0.3 is 0 Å². The van der Waals surface area contributed by atoms with Gasteiger partial charge in [0.1, 0.15) is 17.8 Å². The molecule has 5 nitrogen and oxygen atoms in total. The lowest BCUT2D eigenvalue weighted by molar-refractivity contribution is 0.0984. The predicted molar refractivity (Wildman–Crippen MR) is 70.4 cm³/mol. The topological polar surface area (TPSA) is 60.7 Å². The summed E-state index contributed by atoms with van der Waals surface area (Å²) >= 11 is 3.29. The Morgan fingerprint density at radius 1 is 1.39 bits per heavy atom. The zero-order chi connectivity index (χ0) is 13.1. The zero-order valence-corrected chi connectivity index (χ0v) is 11.8. The van der Waals surface area contributed by atoms with Crippen molar-refractivity contribution in [1.82, 2.24) is 19.7 Å². The van der Waals surface area contributed by atoms with E-state index in [1.807, 2.05) is 13.8 Å². The lowest BCUT2D eigenvalue weighted by atomic mass is 10.2. The largest absolute Gasteiger partial charge is 0.292 e. The molecule has 0 aliphatic rings. The van der Waals surface area contributed by atoms with Crippen molar-refractivity contribution in [2.24, 2.45) is 0 Å². The molecule has 0 aliphatic heterocycles. The molecule has 0 spiro atoms. The Balaban J connectivity index is 2.16. The van der Waals surface area contributed by atoms with Crippen molar-refractivity contribution in [3.05, 3.63) is 40.6 Å². The van der Waals surface area contributed by atoms with Crippen LogP contribution in [0, 0.1) is 0 Å². The SMILES string of the molecule is CC(C)n1ncnc1CC(=O)c1ccc(Br)cn1. The van der Waals surface area contributed by atoms with E-state index in [2.05, 4.69) is 31.0 Å². The summed E-state index contributed by atoms with van der Waals surface area (Å²) in [5, 5.41) is 4.10. The fraction of sp³-hybridized carbons (Fsp3) is 0.333. The predicted octanol–water partition coefficient (Wildman–Crippen LogP) is 2.44. The second kappa shape index (κ2) is 5.39. The van der Waals surface area contributed by atoms with Gasteiger partial charge in [-0.15, -0.1) is 0 Å². The van der Waals surface area contributed by atoms with Gasteiger partial charge in [0.2, 0.25) is 0 Å². The third-order valence-corrected chi connectivity index (χ3v) is 2.94. The van der Waals surface area contributed by atoms with Crippen LogP contribution in [0.5, 0.6) is 0 Å². The van der Waals surface area contributed by atoms with Crippen molar-refractivity contribution in [3.63, 3.8) is 0 Å². The van der Waals surface area contributed by atoms with Gasteiger partial charge in [-0.05, 0) is 41.9 Å². The van der Waals surface area contributed by atoms with Crippen LogP contribution in [0.1, 0.15) is 36.2 Å². The number of pyridine rings is 1. The van der Waals surface area contributed by atoms with Crippen molar-refractivity contribution >= 4 is 21.7 Å². The highest BCUT2D eigenvalue weighted by Gasteiger charge is 2.14. The first-order valence-corrected chi connectivity index (χ1v) is 6.40. The molecule has 6 heteroatoms. The summed E-state index contributed by atoms with van der Waals surface area (Å²) in [5.74, 6) is 0.608. The highest BCUT2D eigenvalue weighted by molar-refractivity contribution is 9.10. The van der Waals surface area contributed by atoms with E-state index < -0.39 is 0 Å². The average molecular weight is 309 g/mol. The number of rotatable bonds is 4. The Labute approximate surface area is 113 Å². The molecule has 0 amide bonds. The van der Waals surface area contributed by atoms with Crippen LogP contribution in [0.25, 0.3) is 0 Å². The molecule has 0 N–H and O–H groups in total. The molecule has 0 radical (unpaired) electrons. The fourth-order valence-electron chi connectivity index (χ4n) is 1.61. The van der Waals surface area contributed by atoms with E-state index in [1.54, 1.807) is 23.0 Å². The monoisotopic (exact) mass is 308 g/mol. The van der Waals surface area contributed by atoms with E-state index in [4.69, 9.17) is 0 Å². The molecule has 94 valence electrons. The van der Waals surface area contributed by atoms with Gasteiger partial charge in [0.25, 0.3) is 0 Å². The summed E-state index contributed by atoms with van der Waals surface area (Å²) in [6.07, 6.45) is 3.30. The molecular formula is C12H13BrN4O. The molecule has 2 rings (SSSR count). The third kappa shape index (κ3) is 2.81. The van der Waals surface area contributed by atoms with Gasteiger partial charge in [-0.3, -0.25) is 9.78 Å². The highest BCUT2D eigenvalue weighted by atomic mass is 79.9. The van der Waals surface area contributed by atoms with Gasteiger partial charge < -0.3 is 0 Å². The number of halogens is 1. The van der Waals surface area contributed by atoms with E-state index in [9.17, 15) is 4.79 Å². The van der Waals surface area contributed by atoms with Crippen molar-refractivity contribution in [1.29, 1.82) is 0 Å². The lowest BCUT2D eigenvalue weighted by Crippen LogP contribution is -2.14. The number of carbonyl (C=O) groups excluding carboxylic acids is 1. The van der Waals surface area contributed by atoms with E-state index in [-0.39, 0.29) is 18.2 Å². The third-order valence-electron chi connectivity index (χ3n) is 2.47. The normalized spacial score (nSPS) is 10.9. The minimum atomic E-state index is -0.0580. The molecule has 18 heavy (non-hydrogen) atoms. The first kappa shape index (κ1) is 12.9. The number of aromatic nitrogens is 4. The van der Waals surface area contributed by atoms with Gasteiger partial charge in [-0.2, -0.15) is 5.10 Å². The highest BCUT2D eigenvalue weighted by Crippen LogP contribution is 2.11. The number of Topliss-reactive ketones (excluding diaryl/α,β-unsaturated/α-hetero) is 1. The second-order valence-electron chi connectivity index (χ2n) is 4.18. The zero-order valence-electron chi connectivity index (χ0n) is 10.2. The van der Waals surface area contributed by atoms with E-state index in [0.29, 0.717) is 11.5 Å². The van der Waals surface area contributed by atoms with E-state index in [0.717, 1.165) is 4.47 Å². The summed E-state index contributed by atoms with van der Waals surface area (Å²) in [7, 11) is 0. The first-order chi connectivity index (χ1) is 8.58. The van der Waals surface area contributed by atoms with Crippen molar-refractivity contribution in [2.75, 3.05) is 0 Å². The molecular weight excluding hydrogens is 296 g/mol. The maximum absolute atomic E-state index is 12.0. The Morgan fingerprint density at radius 3 is 2.78 bits per heavy atom. The molecule has 0 fully saturated rings. The molecule has 2 aromatic rings. The number of carbonyl (C=O) groups is 1. The van der Waals surface area contributed by atoms with Gasteiger partial charge in [0, 0.05) is 16.7 Å². The van der Waals surface area contributed by atoms with Gasteiger partial charge in [-0.1, -0.05) is 0 Å². The van der Waals surface area contributed by atoms with Crippen LogP contribution >= 0.6 is 15.9 Å². The number of nitrogens with zero attached hydrogens (tertiary/aromatic N) is 4. The number of hydrogen-bond donors (Lipinski definition) is 0. The molecule has 0 saturated carbocycles.